The van der Waals surface area contributed by atoms with Crippen molar-refractivity contribution < 1.29 is 4.79 Å². The number of hydrogen-bond donors (Lipinski definition) is 2. The number of hydrogen-bond acceptors (Lipinski definition) is 3. The Bertz CT molecular complexity index is 463. The van der Waals surface area contributed by atoms with Crippen molar-refractivity contribution in [2.24, 2.45) is 5.92 Å². The second-order valence-corrected chi connectivity index (χ2v) is 5.02. The molecule has 2 N–H and O–H groups in total. The summed E-state index contributed by atoms with van der Waals surface area (Å²) < 4.78 is 0. The van der Waals surface area contributed by atoms with Crippen molar-refractivity contribution in [3.63, 3.8) is 0 Å². The molecule has 102 valence electrons. The van der Waals surface area contributed by atoms with Gasteiger partial charge in [0.25, 0.3) is 0 Å². The van der Waals surface area contributed by atoms with E-state index >= 15 is 0 Å². The maximum Gasteiger partial charge on any atom is 0.234 e. The number of rotatable bonds is 6. The molecule has 0 aliphatic carbocycles. The molecule has 4 nitrogen and oxygen atoms in total. The Morgan fingerprint density at radius 2 is 2.11 bits per heavy atom. The lowest BCUT2D eigenvalue weighted by atomic mass is 10.1. The Morgan fingerprint density at radius 3 is 2.74 bits per heavy atom. The van der Waals surface area contributed by atoms with E-state index < -0.39 is 0 Å². The monoisotopic (exact) mass is 259 g/mol. The Morgan fingerprint density at radius 1 is 1.37 bits per heavy atom. The SMILES string of the molecule is CC(C)C(C)NC(=O)CNCc1cccc(C#N)c1. The van der Waals surface area contributed by atoms with E-state index in [1.807, 2.05) is 25.1 Å². The number of nitriles is 1. The fourth-order valence-electron chi connectivity index (χ4n) is 1.54. The smallest absolute Gasteiger partial charge is 0.234 e. The molecule has 0 aliphatic rings. The molecule has 0 saturated heterocycles. The summed E-state index contributed by atoms with van der Waals surface area (Å²) in [6, 6.07) is 9.64. The molecule has 0 saturated carbocycles. The Labute approximate surface area is 114 Å². The van der Waals surface area contributed by atoms with Crippen LogP contribution in [-0.4, -0.2) is 18.5 Å². The molecule has 0 heterocycles. The van der Waals surface area contributed by atoms with Crippen molar-refractivity contribution in [1.29, 1.82) is 5.26 Å². The van der Waals surface area contributed by atoms with Gasteiger partial charge in [0.2, 0.25) is 5.91 Å². The van der Waals surface area contributed by atoms with E-state index in [2.05, 4.69) is 30.6 Å². The summed E-state index contributed by atoms with van der Waals surface area (Å²) in [6.07, 6.45) is 0. The third-order valence-electron chi connectivity index (χ3n) is 3.06. The molecule has 1 amide bonds. The van der Waals surface area contributed by atoms with Gasteiger partial charge in [-0.05, 0) is 30.5 Å². The normalized spacial score (nSPS) is 11.9. The van der Waals surface area contributed by atoms with Crippen molar-refractivity contribution >= 4 is 5.91 Å². The highest BCUT2D eigenvalue weighted by Crippen LogP contribution is 2.03. The lowest BCUT2D eigenvalue weighted by Gasteiger charge is -2.17. The van der Waals surface area contributed by atoms with E-state index in [9.17, 15) is 4.79 Å². The summed E-state index contributed by atoms with van der Waals surface area (Å²) >= 11 is 0. The fourth-order valence-corrected chi connectivity index (χ4v) is 1.54. The minimum absolute atomic E-state index is 0.00219. The van der Waals surface area contributed by atoms with E-state index in [1.165, 1.54) is 0 Å². The van der Waals surface area contributed by atoms with Crippen LogP contribution in [0.1, 0.15) is 31.9 Å². The van der Waals surface area contributed by atoms with Crippen LogP contribution < -0.4 is 10.6 Å². The van der Waals surface area contributed by atoms with E-state index in [4.69, 9.17) is 5.26 Å². The van der Waals surface area contributed by atoms with E-state index in [-0.39, 0.29) is 18.5 Å². The molecule has 1 aromatic carbocycles. The van der Waals surface area contributed by atoms with Gasteiger partial charge >= 0.3 is 0 Å². The lowest BCUT2D eigenvalue weighted by molar-refractivity contribution is -0.121. The molecule has 1 rings (SSSR count). The second kappa shape index (κ2) is 7.55. The largest absolute Gasteiger partial charge is 0.352 e. The lowest BCUT2D eigenvalue weighted by Crippen LogP contribution is -2.41. The minimum atomic E-state index is -0.00219. The highest BCUT2D eigenvalue weighted by atomic mass is 16.1. The molecule has 4 heteroatoms. The van der Waals surface area contributed by atoms with Gasteiger partial charge in [0.05, 0.1) is 18.2 Å². The fraction of sp³-hybridized carbons (Fsp3) is 0.467. The van der Waals surface area contributed by atoms with Gasteiger partial charge in [0.15, 0.2) is 0 Å². The standard InChI is InChI=1S/C15H21N3O/c1-11(2)12(3)18-15(19)10-17-9-14-6-4-5-13(7-14)8-16/h4-7,11-12,17H,9-10H2,1-3H3,(H,18,19). The molecule has 1 atom stereocenters. The molecule has 1 unspecified atom stereocenters. The summed E-state index contributed by atoms with van der Waals surface area (Å²) in [6.45, 7) is 7.02. The second-order valence-electron chi connectivity index (χ2n) is 5.02. The van der Waals surface area contributed by atoms with Gasteiger partial charge in [-0.2, -0.15) is 5.26 Å². The first kappa shape index (κ1) is 15.2. The summed E-state index contributed by atoms with van der Waals surface area (Å²) in [5.41, 5.74) is 1.64. The van der Waals surface area contributed by atoms with E-state index in [0.717, 1.165) is 5.56 Å². The summed E-state index contributed by atoms with van der Waals surface area (Å²) in [5, 5.41) is 14.8. The van der Waals surface area contributed by atoms with Gasteiger partial charge in [-0.1, -0.05) is 26.0 Å². The van der Waals surface area contributed by atoms with Crippen molar-refractivity contribution in [3.8, 4) is 6.07 Å². The van der Waals surface area contributed by atoms with Crippen LogP contribution in [0.5, 0.6) is 0 Å². The number of benzene rings is 1. The molecule has 0 bridgehead atoms. The van der Waals surface area contributed by atoms with Crippen LogP contribution in [0.3, 0.4) is 0 Å². The molecule has 0 aliphatic heterocycles. The van der Waals surface area contributed by atoms with Crippen molar-refractivity contribution in [1.82, 2.24) is 10.6 Å². The van der Waals surface area contributed by atoms with Crippen molar-refractivity contribution in [2.45, 2.75) is 33.4 Å². The first-order valence-corrected chi connectivity index (χ1v) is 6.52. The van der Waals surface area contributed by atoms with Gasteiger partial charge in [-0.3, -0.25) is 4.79 Å². The Balaban J connectivity index is 2.34. The molecule has 0 spiro atoms. The summed E-state index contributed by atoms with van der Waals surface area (Å²) in [4.78, 5) is 11.6. The number of carbonyl (C=O) groups is 1. The van der Waals surface area contributed by atoms with Crippen LogP contribution in [0.15, 0.2) is 24.3 Å². The Kier molecular flexibility index (Phi) is 6.04. The van der Waals surface area contributed by atoms with E-state index in [1.54, 1.807) is 6.07 Å². The number of carbonyl (C=O) groups excluding carboxylic acids is 1. The molecule has 0 aromatic heterocycles. The highest BCUT2D eigenvalue weighted by Gasteiger charge is 2.09. The van der Waals surface area contributed by atoms with Crippen LogP contribution >= 0.6 is 0 Å². The molecule has 19 heavy (non-hydrogen) atoms. The maximum absolute atomic E-state index is 11.6. The average Bonchev–Trinajstić information content (AvgIpc) is 2.38. The highest BCUT2D eigenvalue weighted by molar-refractivity contribution is 5.78. The van der Waals surface area contributed by atoms with Crippen LogP contribution in [0.25, 0.3) is 0 Å². The zero-order valence-corrected chi connectivity index (χ0v) is 11.7. The van der Waals surface area contributed by atoms with Crippen LogP contribution in [0.4, 0.5) is 0 Å². The van der Waals surface area contributed by atoms with Crippen molar-refractivity contribution in [3.05, 3.63) is 35.4 Å². The van der Waals surface area contributed by atoms with Crippen LogP contribution in [-0.2, 0) is 11.3 Å². The zero-order valence-electron chi connectivity index (χ0n) is 11.7. The van der Waals surface area contributed by atoms with Gasteiger partial charge in [-0.15, -0.1) is 0 Å². The van der Waals surface area contributed by atoms with Crippen LogP contribution in [0.2, 0.25) is 0 Å². The predicted octanol–water partition coefficient (Wildman–Crippen LogP) is 1.81. The zero-order chi connectivity index (χ0) is 14.3. The Hall–Kier alpha value is -1.86. The van der Waals surface area contributed by atoms with Gasteiger partial charge in [-0.25, -0.2) is 0 Å². The summed E-state index contributed by atoms with van der Waals surface area (Å²) in [5.74, 6) is 0.425. The van der Waals surface area contributed by atoms with Crippen LogP contribution in [0, 0.1) is 17.2 Å². The predicted molar refractivity (Wildman–Crippen MR) is 75.3 cm³/mol. The topological polar surface area (TPSA) is 64.9 Å². The van der Waals surface area contributed by atoms with E-state index in [0.29, 0.717) is 18.0 Å². The molecular formula is C15H21N3O. The molecule has 1 aromatic rings. The first-order valence-electron chi connectivity index (χ1n) is 6.52. The minimum Gasteiger partial charge on any atom is -0.352 e. The van der Waals surface area contributed by atoms with Gasteiger partial charge < -0.3 is 10.6 Å². The van der Waals surface area contributed by atoms with Gasteiger partial charge in [0.1, 0.15) is 0 Å². The van der Waals surface area contributed by atoms with Gasteiger partial charge in [0, 0.05) is 12.6 Å². The molecule has 0 radical (unpaired) electrons. The number of amides is 1. The van der Waals surface area contributed by atoms with Crippen molar-refractivity contribution in [2.75, 3.05) is 6.54 Å². The quantitative estimate of drug-likeness (QED) is 0.819. The first-order chi connectivity index (χ1) is 9.02. The third kappa shape index (κ3) is 5.54. The number of nitrogens with one attached hydrogen (secondary N) is 2. The number of nitrogens with zero attached hydrogens (tertiary/aromatic N) is 1. The average molecular weight is 259 g/mol. The molecule has 0 fully saturated rings. The molecular weight excluding hydrogens is 238 g/mol. The maximum atomic E-state index is 11.6. The summed E-state index contributed by atoms with van der Waals surface area (Å²) in [7, 11) is 0. The third-order valence-corrected chi connectivity index (χ3v) is 3.06.